The number of para-hydroxylation sites is 1. The van der Waals surface area contributed by atoms with Crippen LogP contribution in [0.4, 0.5) is 0 Å². The molecular formula is C14H16N4. The van der Waals surface area contributed by atoms with Gasteiger partial charge in [0.25, 0.3) is 0 Å². The van der Waals surface area contributed by atoms with Gasteiger partial charge in [-0.25, -0.2) is 0 Å². The zero-order valence-corrected chi connectivity index (χ0v) is 10.4. The zero-order chi connectivity index (χ0) is 12.5. The molecule has 0 radical (unpaired) electrons. The summed E-state index contributed by atoms with van der Waals surface area (Å²) in [6, 6.07) is 10.5. The first-order valence-electron chi connectivity index (χ1n) is 6.02. The summed E-state index contributed by atoms with van der Waals surface area (Å²) < 4.78 is 4.08. The van der Waals surface area contributed by atoms with E-state index in [1.54, 1.807) is 0 Å². The van der Waals surface area contributed by atoms with Crippen LogP contribution < -0.4 is 5.73 Å². The predicted molar refractivity (Wildman–Crippen MR) is 72.1 cm³/mol. The van der Waals surface area contributed by atoms with E-state index < -0.39 is 0 Å². The summed E-state index contributed by atoms with van der Waals surface area (Å²) in [6.45, 7) is 1.36. The third-order valence-electron chi connectivity index (χ3n) is 3.20. The molecule has 2 heterocycles. The lowest BCUT2D eigenvalue weighted by atomic mass is 10.2. The van der Waals surface area contributed by atoms with E-state index in [9.17, 15) is 0 Å². The molecule has 0 saturated heterocycles. The number of nitrogens with zero attached hydrogens (tertiary/aromatic N) is 3. The second kappa shape index (κ2) is 4.31. The molecule has 0 unspecified atom stereocenters. The van der Waals surface area contributed by atoms with Crippen molar-refractivity contribution in [3.63, 3.8) is 0 Å². The second-order valence-corrected chi connectivity index (χ2v) is 4.51. The quantitative estimate of drug-likeness (QED) is 0.760. The molecule has 0 aliphatic rings. The molecule has 0 saturated carbocycles. The minimum atomic E-state index is 0.551. The van der Waals surface area contributed by atoms with Crippen LogP contribution in [0.5, 0.6) is 0 Å². The molecule has 4 nitrogen and oxygen atoms in total. The zero-order valence-electron chi connectivity index (χ0n) is 10.4. The smallest absolute Gasteiger partial charge is 0.0539 e. The van der Waals surface area contributed by atoms with Crippen molar-refractivity contribution >= 4 is 10.9 Å². The number of benzene rings is 1. The Kier molecular flexibility index (Phi) is 2.64. The van der Waals surface area contributed by atoms with Crippen LogP contribution in [0.1, 0.15) is 11.3 Å². The molecule has 0 fully saturated rings. The van der Waals surface area contributed by atoms with Crippen LogP contribution in [-0.2, 0) is 20.1 Å². The number of fused-ring (bicyclic) bond motifs is 1. The van der Waals surface area contributed by atoms with Crippen molar-refractivity contribution in [3.8, 4) is 0 Å². The molecule has 2 aromatic heterocycles. The summed E-state index contributed by atoms with van der Waals surface area (Å²) in [5.74, 6) is 0. The molecule has 1 aromatic carbocycles. The molecule has 4 heteroatoms. The van der Waals surface area contributed by atoms with Crippen LogP contribution in [0.3, 0.4) is 0 Å². The van der Waals surface area contributed by atoms with Crippen molar-refractivity contribution in [1.82, 2.24) is 14.3 Å². The minimum absolute atomic E-state index is 0.551. The van der Waals surface area contributed by atoms with Gasteiger partial charge in [-0.2, -0.15) is 5.10 Å². The highest BCUT2D eigenvalue weighted by molar-refractivity contribution is 5.81. The van der Waals surface area contributed by atoms with E-state index >= 15 is 0 Å². The van der Waals surface area contributed by atoms with E-state index in [0.29, 0.717) is 6.54 Å². The van der Waals surface area contributed by atoms with Gasteiger partial charge in [-0.3, -0.25) is 4.68 Å². The number of aryl methyl sites for hydroxylation is 1. The molecule has 0 amide bonds. The highest BCUT2D eigenvalue weighted by Crippen LogP contribution is 2.20. The van der Waals surface area contributed by atoms with Gasteiger partial charge < -0.3 is 10.3 Å². The van der Waals surface area contributed by atoms with E-state index in [2.05, 4.69) is 40.0 Å². The number of nitrogens with two attached hydrogens (primary N) is 1. The van der Waals surface area contributed by atoms with E-state index in [1.165, 1.54) is 16.5 Å². The lowest BCUT2D eigenvalue weighted by Gasteiger charge is -2.07. The van der Waals surface area contributed by atoms with Crippen LogP contribution in [0.2, 0.25) is 0 Å². The fourth-order valence-electron chi connectivity index (χ4n) is 2.36. The standard InChI is InChI=1S/C14H16N4/c1-17-9-11(8-16-17)10-18-13(7-15)6-12-4-2-3-5-14(12)18/h2-6,8-9H,7,10,15H2,1H3. The lowest BCUT2D eigenvalue weighted by Crippen LogP contribution is -2.07. The third kappa shape index (κ3) is 1.80. The van der Waals surface area contributed by atoms with Gasteiger partial charge in [0.1, 0.15) is 0 Å². The van der Waals surface area contributed by atoms with Crippen molar-refractivity contribution in [1.29, 1.82) is 0 Å². The van der Waals surface area contributed by atoms with Gasteiger partial charge in [-0.1, -0.05) is 18.2 Å². The molecule has 0 atom stereocenters. The third-order valence-corrected chi connectivity index (χ3v) is 3.20. The molecule has 3 rings (SSSR count). The fraction of sp³-hybridized carbons (Fsp3) is 0.214. The van der Waals surface area contributed by atoms with Crippen LogP contribution in [0.25, 0.3) is 10.9 Å². The van der Waals surface area contributed by atoms with Crippen molar-refractivity contribution < 1.29 is 0 Å². The van der Waals surface area contributed by atoms with Gasteiger partial charge in [-0.05, 0) is 17.5 Å². The van der Waals surface area contributed by atoms with E-state index in [1.807, 2.05) is 24.1 Å². The Morgan fingerprint density at radius 1 is 1.28 bits per heavy atom. The Hall–Kier alpha value is -2.07. The van der Waals surface area contributed by atoms with Gasteiger partial charge in [0.2, 0.25) is 0 Å². The summed E-state index contributed by atoms with van der Waals surface area (Å²) in [5, 5.41) is 5.44. The van der Waals surface area contributed by atoms with Gasteiger partial charge in [0.05, 0.1) is 12.7 Å². The first kappa shape index (κ1) is 11.0. The molecule has 2 N–H and O–H groups in total. The summed E-state index contributed by atoms with van der Waals surface area (Å²) >= 11 is 0. The molecule has 0 bridgehead atoms. The maximum atomic E-state index is 5.83. The van der Waals surface area contributed by atoms with Gasteiger partial charge in [0, 0.05) is 36.6 Å². The highest BCUT2D eigenvalue weighted by Gasteiger charge is 2.08. The average Bonchev–Trinajstić information content (AvgIpc) is 2.94. The van der Waals surface area contributed by atoms with Gasteiger partial charge in [-0.15, -0.1) is 0 Å². The van der Waals surface area contributed by atoms with Crippen molar-refractivity contribution in [2.24, 2.45) is 12.8 Å². The maximum Gasteiger partial charge on any atom is 0.0539 e. The first-order valence-corrected chi connectivity index (χ1v) is 6.02. The topological polar surface area (TPSA) is 48.8 Å². The second-order valence-electron chi connectivity index (χ2n) is 4.51. The maximum absolute atomic E-state index is 5.83. The number of hydrogen-bond donors (Lipinski definition) is 1. The highest BCUT2D eigenvalue weighted by atomic mass is 15.2. The molecule has 0 aliphatic carbocycles. The van der Waals surface area contributed by atoms with Gasteiger partial charge in [0.15, 0.2) is 0 Å². The van der Waals surface area contributed by atoms with Crippen LogP contribution in [-0.4, -0.2) is 14.3 Å². The van der Waals surface area contributed by atoms with Crippen molar-refractivity contribution in [2.45, 2.75) is 13.1 Å². The van der Waals surface area contributed by atoms with E-state index in [4.69, 9.17) is 5.73 Å². The average molecular weight is 240 g/mol. The Morgan fingerprint density at radius 3 is 2.83 bits per heavy atom. The molecule has 92 valence electrons. The first-order chi connectivity index (χ1) is 8.78. The summed E-state index contributed by atoms with van der Waals surface area (Å²) in [6.07, 6.45) is 3.93. The molecule has 18 heavy (non-hydrogen) atoms. The molecule has 0 aliphatic heterocycles. The lowest BCUT2D eigenvalue weighted by molar-refractivity contribution is 0.755. The number of rotatable bonds is 3. The fourth-order valence-corrected chi connectivity index (χ4v) is 2.36. The van der Waals surface area contributed by atoms with Crippen molar-refractivity contribution in [2.75, 3.05) is 0 Å². The minimum Gasteiger partial charge on any atom is -0.339 e. The van der Waals surface area contributed by atoms with Gasteiger partial charge >= 0.3 is 0 Å². The summed E-state index contributed by atoms with van der Waals surface area (Å²) in [5.41, 5.74) is 9.40. The van der Waals surface area contributed by atoms with Crippen LogP contribution in [0.15, 0.2) is 42.7 Å². The normalized spacial score (nSPS) is 11.2. The van der Waals surface area contributed by atoms with E-state index in [-0.39, 0.29) is 0 Å². The molecule has 3 aromatic rings. The summed E-state index contributed by atoms with van der Waals surface area (Å²) in [7, 11) is 1.93. The van der Waals surface area contributed by atoms with Crippen molar-refractivity contribution in [3.05, 3.63) is 54.0 Å². The Morgan fingerprint density at radius 2 is 2.11 bits per heavy atom. The molecular weight excluding hydrogens is 224 g/mol. The van der Waals surface area contributed by atoms with Crippen LogP contribution >= 0.6 is 0 Å². The van der Waals surface area contributed by atoms with Crippen LogP contribution in [0, 0.1) is 0 Å². The molecule has 0 spiro atoms. The van der Waals surface area contributed by atoms with E-state index in [0.717, 1.165) is 12.2 Å². The largest absolute Gasteiger partial charge is 0.339 e. The predicted octanol–water partition coefficient (Wildman–Crippen LogP) is 1.88. The SMILES string of the molecule is Cn1cc(Cn2c(CN)cc3ccccc32)cn1. The Bertz CT molecular complexity index is 678. The Balaban J connectivity index is 2.09. The number of hydrogen-bond acceptors (Lipinski definition) is 2. The number of aromatic nitrogens is 3. The Labute approximate surface area is 106 Å². The monoisotopic (exact) mass is 240 g/mol. The summed E-state index contributed by atoms with van der Waals surface area (Å²) in [4.78, 5) is 0.